The summed E-state index contributed by atoms with van der Waals surface area (Å²) in [5, 5.41) is 20.5. The molecule has 2 fully saturated rings. The van der Waals surface area contributed by atoms with E-state index in [0.717, 1.165) is 25.2 Å². The van der Waals surface area contributed by atoms with Crippen LogP contribution in [0.2, 0.25) is 0 Å². The molecule has 0 aliphatic heterocycles. The van der Waals surface area contributed by atoms with Crippen LogP contribution in [-0.4, -0.2) is 15.8 Å². The molecular weight excluding hydrogens is 260 g/mol. The van der Waals surface area contributed by atoms with E-state index in [2.05, 4.69) is 19.9 Å². The molecular formula is C19H26O2. The van der Waals surface area contributed by atoms with Gasteiger partial charge >= 0.3 is 0 Å². The first-order valence-corrected chi connectivity index (χ1v) is 8.46. The lowest BCUT2D eigenvalue weighted by Crippen LogP contribution is -2.49. The molecule has 3 aliphatic rings. The van der Waals surface area contributed by atoms with Gasteiger partial charge in [-0.25, -0.2) is 0 Å². The molecule has 0 spiro atoms. The SMILES string of the molecule is CC12CCC3c4ccc(O)cc4CCC3C1CC[C@]2(C)O. The minimum Gasteiger partial charge on any atom is -0.508 e. The molecule has 3 aliphatic carbocycles. The molecule has 0 bridgehead atoms. The second-order valence-corrected chi connectivity index (χ2v) is 8.07. The van der Waals surface area contributed by atoms with E-state index in [0.29, 0.717) is 17.6 Å². The van der Waals surface area contributed by atoms with Crippen LogP contribution in [0.1, 0.15) is 63.0 Å². The zero-order valence-corrected chi connectivity index (χ0v) is 13.1. The summed E-state index contributed by atoms with van der Waals surface area (Å²) >= 11 is 0. The molecule has 114 valence electrons. The van der Waals surface area contributed by atoms with Crippen molar-refractivity contribution in [2.45, 2.75) is 63.9 Å². The highest BCUT2D eigenvalue weighted by atomic mass is 16.3. The number of fused-ring (bicyclic) bond motifs is 5. The van der Waals surface area contributed by atoms with E-state index in [1.165, 1.54) is 30.4 Å². The van der Waals surface area contributed by atoms with E-state index in [1.807, 2.05) is 12.1 Å². The average molecular weight is 286 g/mol. The van der Waals surface area contributed by atoms with Crippen LogP contribution < -0.4 is 0 Å². The molecule has 0 amide bonds. The van der Waals surface area contributed by atoms with E-state index in [-0.39, 0.29) is 5.41 Å². The Kier molecular flexibility index (Phi) is 2.76. The fourth-order valence-corrected chi connectivity index (χ4v) is 5.81. The van der Waals surface area contributed by atoms with Crippen molar-refractivity contribution in [1.82, 2.24) is 0 Å². The molecule has 21 heavy (non-hydrogen) atoms. The Morgan fingerprint density at radius 2 is 1.90 bits per heavy atom. The smallest absolute Gasteiger partial charge is 0.115 e. The van der Waals surface area contributed by atoms with Crippen molar-refractivity contribution in [3.05, 3.63) is 29.3 Å². The fraction of sp³-hybridized carbons (Fsp3) is 0.684. The Labute approximate surface area is 127 Å². The van der Waals surface area contributed by atoms with Crippen molar-refractivity contribution >= 4 is 0 Å². The third kappa shape index (κ3) is 1.75. The summed E-state index contributed by atoms with van der Waals surface area (Å²) in [5.41, 5.74) is 2.43. The molecule has 5 atom stereocenters. The van der Waals surface area contributed by atoms with Crippen LogP contribution in [0.5, 0.6) is 5.75 Å². The molecule has 0 aromatic heterocycles. The van der Waals surface area contributed by atoms with Crippen molar-refractivity contribution in [3.8, 4) is 5.75 Å². The van der Waals surface area contributed by atoms with E-state index in [4.69, 9.17) is 0 Å². The minimum atomic E-state index is -0.488. The summed E-state index contributed by atoms with van der Waals surface area (Å²) in [4.78, 5) is 0. The van der Waals surface area contributed by atoms with Gasteiger partial charge in [-0.05, 0) is 91.9 Å². The van der Waals surface area contributed by atoms with Gasteiger partial charge in [0.15, 0.2) is 0 Å². The number of aryl methyl sites for hydroxylation is 1. The number of hydrogen-bond donors (Lipinski definition) is 2. The molecule has 4 unspecified atom stereocenters. The first-order chi connectivity index (χ1) is 9.92. The predicted molar refractivity (Wildman–Crippen MR) is 83.3 cm³/mol. The maximum absolute atomic E-state index is 10.8. The maximum Gasteiger partial charge on any atom is 0.115 e. The van der Waals surface area contributed by atoms with Crippen LogP contribution in [0.15, 0.2) is 18.2 Å². The molecule has 1 aromatic rings. The van der Waals surface area contributed by atoms with Crippen LogP contribution in [0.3, 0.4) is 0 Å². The van der Waals surface area contributed by atoms with Gasteiger partial charge in [-0.2, -0.15) is 0 Å². The van der Waals surface area contributed by atoms with Crippen LogP contribution >= 0.6 is 0 Å². The highest BCUT2D eigenvalue weighted by molar-refractivity contribution is 5.40. The number of aromatic hydroxyl groups is 1. The van der Waals surface area contributed by atoms with Crippen LogP contribution in [0, 0.1) is 17.3 Å². The quantitative estimate of drug-likeness (QED) is 0.757. The largest absolute Gasteiger partial charge is 0.508 e. The number of phenols is 1. The van der Waals surface area contributed by atoms with Gasteiger partial charge in [-0.3, -0.25) is 0 Å². The monoisotopic (exact) mass is 286 g/mol. The highest BCUT2D eigenvalue weighted by Gasteiger charge is 2.59. The Bertz CT molecular complexity index is 577. The normalized spacial score (nSPS) is 44.8. The van der Waals surface area contributed by atoms with Gasteiger partial charge in [0.05, 0.1) is 5.60 Å². The van der Waals surface area contributed by atoms with Crippen molar-refractivity contribution in [1.29, 1.82) is 0 Å². The molecule has 1 aromatic carbocycles. The standard InChI is InChI=1S/C19H26O2/c1-18-9-7-15-14-6-4-13(20)11-12(14)3-5-16(15)17(18)8-10-19(18,2)21/h4,6,11,15-17,20-21H,3,5,7-10H2,1-2H3/t15?,16?,17?,18?,19-/m0/s1. The van der Waals surface area contributed by atoms with Crippen molar-refractivity contribution in [2.24, 2.45) is 17.3 Å². The van der Waals surface area contributed by atoms with Crippen LogP contribution in [0.4, 0.5) is 0 Å². The molecule has 2 heteroatoms. The average Bonchev–Trinajstić information content (AvgIpc) is 2.69. The summed E-state index contributed by atoms with van der Waals surface area (Å²) in [6.45, 7) is 4.38. The summed E-state index contributed by atoms with van der Waals surface area (Å²) in [5.74, 6) is 2.42. The Hall–Kier alpha value is -1.02. The summed E-state index contributed by atoms with van der Waals surface area (Å²) in [7, 11) is 0. The van der Waals surface area contributed by atoms with Crippen LogP contribution in [0.25, 0.3) is 0 Å². The topological polar surface area (TPSA) is 40.5 Å². The van der Waals surface area contributed by atoms with Crippen LogP contribution in [-0.2, 0) is 6.42 Å². The molecule has 2 nitrogen and oxygen atoms in total. The Balaban J connectivity index is 1.72. The lowest BCUT2D eigenvalue weighted by molar-refractivity contribution is -0.0901. The second kappa shape index (κ2) is 4.25. The first kappa shape index (κ1) is 13.6. The van der Waals surface area contributed by atoms with E-state index in [9.17, 15) is 10.2 Å². The number of hydrogen-bond acceptors (Lipinski definition) is 2. The fourth-order valence-electron chi connectivity index (χ4n) is 5.81. The third-order valence-corrected chi connectivity index (χ3v) is 7.27. The molecule has 0 saturated heterocycles. The van der Waals surface area contributed by atoms with E-state index in [1.54, 1.807) is 0 Å². The van der Waals surface area contributed by atoms with Crippen molar-refractivity contribution in [2.75, 3.05) is 0 Å². The maximum atomic E-state index is 10.8. The van der Waals surface area contributed by atoms with E-state index >= 15 is 0 Å². The summed E-state index contributed by atoms with van der Waals surface area (Å²) in [6.07, 6.45) is 6.76. The Morgan fingerprint density at radius 1 is 1.10 bits per heavy atom. The molecule has 2 N–H and O–H groups in total. The van der Waals surface area contributed by atoms with Crippen molar-refractivity contribution < 1.29 is 10.2 Å². The lowest BCUT2D eigenvalue weighted by atomic mass is 9.53. The number of rotatable bonds is 0. The zero-order chi connectivity index (χ0) is 14.8. The van der Waals surface area contributed by atoms with Gasteiger partial charge in [0, 0.05) is 0 Å². The molecule has 4 rings (SSSR count). The number of benzene rings is 1. The van der Waals surface area contributed by atoms with E-state index < -0.39 is 5.60 Å². The lowest BCUT2D eigenvalue weighted by Gasteiger charge is -2.52. The first-order valence-electron chi connectivity index (χ1n) is 8.46. The summed E-state index contributed by atoms with van der Waals surface area (Å²) in [6, 6.07) is 5.96. The zero-order valence-electron chi connectivity index (χ0n) is 13.1. The minimum absolute atomic E-state index is 0.0998. The van der Waals surface area contributed by atoms with Gasteiger partial charge < -0.3 is 10.2 Å². The van der Waals surface area contributed by atoms with Gasteiger partial charge in [0.2, 0.25) is 0 Å². The number of aliphatic hydroxyl groups is 1. The number of phenolic OH excluding ortho intramolecular Hbond substituents is 1. The van der Waals surface area contributed by atoms with Gasteiger partial charge in [-0.15, -0.1) is 0 Å². The highest BCUT2D eigenvalue weighted by Crippen LogP contribution is 2.64. The van der Waals surface area contributed by atoms with Crippen molar-refractivity contribution in [3.63, 3.8) is 0 Å². The predicted octanol–water partition coefficient (Wildman–Crippen LogP) is 4.00. The Morgan fingerprint density at radius 3 is 2.71 bits per heavy atom. The van der Waals surface area contributed by atoms with Gasteiger partial charge in [0.25, 0.3) is 0 Å². The third-order valence-electron chi connectivity index (χ3n) is 7.27. The van der Waals surface area contributed by atoms with Gasteiger partial charge in [0.1, 0.15) is 5.75 Å². The summed E-state index contributed by atoms with van der Waals surface area (Å²) < 4.78 is 0. The molecule has 0 radical (unpaired) electrons. The molecule has 0 heterocycles. The van der Waals surface area contributed by atoms with Gasteiger partial charge in [-0.1, -0.05) is 13.0 Å². The second-order valence-electron chi connectivity index (χ2n) is 8.07. The molecule has 2 saturated carbocycles.